The van der Waals surface area contributed by atoms with Crippen LogP contribution in [0.4, 0.5) is 0 Å². The number of benzene rings is 3. The second kappa shape index (κ2) is 15.1. The van der Waals surface area contributed by atoms with Crippen molar-refractivity contribution in [3.8, 4) is 0 Å². The highest BCUT2D eigenvalue weighted by molar-refractivity contribution is 6.05. The summed E-state index contributed by atoms with van der Waals surface area (Å²) in [6, 6.07) is 28.5. The fraction of sp³-hybridized carbons (Fsp3) is 0.417. The molecule has 0 amide bonds. The van der Waals surface area contributed by atoms with Crippen LogP contribution in [0.3, 0.4) is 0 Å². The van der Waals surface area contributed by atoms with E-state index in [1.54, 1.807) is 0 Å². The summed E-state index contributed by atoms with van der Waals surface area (Å²) in [5.74, 6) is -2.89. The molecule has 1 spiro atoms. The van der Waals surface area contributed by atoms with Gasteiger partial charge in [-0.1, -0.05) is 96.2 Å². The fourth-order valence-electron chi connectivity index (χ4n) is 6.67. The van der Waals surface area contributed by atoms with Gasteiger partial charge in [0.1, 0.15) is 30.0 Å². The molecule has 3 saturated heterocycles. The number of hydrogen-bond donors (Lipinski definition) is 0. The number of esters is 3. The normalized spacial score (nSPS) is 27.1. The molecule has 3 heterocycles. The highest BCUT2D eigenvalue weighted by Crippen LogP contribution is 2.56. The molecule has 6 rings (SSSR count). The zero-order valence-electron chi connectivity index (χ0n) is 27.4. The van der Waals surface area contributed by atoms with Crippen LogP contribution in [0.2, 0.25) is 0 Å². The van der Waals surface area contributed by atoms with Gasteiger partial charge in [-0.15, -0.1) is 0 Å². The molecular weight excluding hydrogens is 638 g/mol. The number of carbonyl (C=O) groups is 3. The van der Waals surface area contributed by atoms with Gasteiger partial charge in [-0.05, 0) is 16.7 Å². The Balaban J connectivity index is 1.45. The molecule has 6 atom stereocenters. The molecule has 13 heteroatoms. The van der Waals surface area contributed by atoms with Crippen molar-refractivity contribution in [1.29, 1.82) is 0 Å². The Hall–Kier alpha value is -4.21. The SMILES string of the molecule is COC(=O)[C@@H]1C[C@]23[C@H](O[C@H](COCc4ccccc4)[C@H](OCc4ccccc4)[C@@H]2OCc2ccccc2)C(C(=O)OC)(C(=O)OC)ON3O1. The van der Waals surface area contributed by atoms with E-state index >= 15 is 0 Å². The van der Waals surface area contributed by atoms with Crippen LogP contribution >= 0.6 is 0 Å². The number of hydroxylamine groups is 2. The first kappa shape index (κ1) is 34.6. The van der Waals surface area contributed by atoms with Crippen molar-refractivity contribution in [3.63, 3.8) is 0 Å². The Kier molecular flexibility index (Phi) is 10.7. The smallest absolute Gasteiger partial charge is 0.355 e. The van der Waals surface area contributed by atoms with Gasteiger partial charge in [-0.3, -0.25) is 4.84 Å². The van der Waals surface area contributed by atoms with Crippen LogP contribution in [0, 0.1) is 0 Å². The predicted octanol–water partition coefficient (Wildman–Crippen LogP) is 3.09. The van der Waals surface area contributed by atoms with Gasteiger partial charge in [0.05, 0.1) is 47.8 Å². The Morgan fingerprint density at radius 2 is 1.27 bits per heavy atom. The molecule has 3 fully saturated rings. The first-order valence-electron chi connectivity index (χ1n) is 15.9. The van der Waals surface area contributed by atoms with E-state index in [1.807, 2.05) is 91.0 Å². The number of rotatable bonds is 13. The minimum absolute atomic E-state index is 0.0359. The third-order valence-electron chi connectivity index (χ3n) is 8.99. The number of hydrogen-bond acceptors (Lipinski definition) is 13. The van der Waals surface area contributed by atoms with E-state index in [9.17, 15) is 14.4 Å². The molecule has 0 aromatic heterocycles. The van der Waals surface area contributed by atoms with Crippen molar-refractivity contribution in [2.75, 3.05) is 27.9 Å². The van der Waals surface area contributed by atoms with Gasteiger partial charge in [0.2, 0.25) is 0 Å². The summed E-state index contributed by atoms with van der Waals surface area (Å²) in [5.41, 5.74) is -1.50. The third-order valence-corrected chi connectivity index (χ3v) is 8.99. The Morgan fingerprint density at radius 1 is 0.735 bits per heavy atom. The van der Waals surface area contributed by atoms with E-state index in [0.717, 1.165) is 36.1 Å². The maximum absolute atomic E-state index is 13.7. The first-order chi connectivity index (χ1) is 23.9. The standard InChI is InChI=1S/C36H39NO12/c1-41-31(38)27-19-35-30(46-22-26-17-11-6-12-18-26)29(45-21-25-15-9-5-10-16-25)28(23-44-20-24-13-7-4-8-14-24)47-32(35)36(33(39)42-2,34(40)43-3)49-37(35)48-27/h4-18,27-30,32H,19-23H2,1-3H3/t27-,28+,29-,30-,32-,35+/m0/s1. The van der Waals surface area contributed by atoms with Crippen LogP contribution in [-0.4, -0.2) is 92.7 Å². The van der Waals surface area contributed by atoms with E-state index in [2.05, 4.69) is 0 Å². The maximum atomic E-state index is 13.7. The van der Waals surface area contributed by atoms with Crippen molar-refractivity contribution in [2.45, 2.75) is 67.9 Å². The summed E-state index contributed by atoms with van der Waals surface area (Å²) in [5, 5.41) is 0.947. The summed E-state index contributed by atoms with van der Waals surface area (Å²) >= 11 is 0. The van der Waals surface area contributed by atoms with Crippen LogP contribution in [-0.2, 0) is 77.0 Å². The van der Waals surface area contributed by atoms with E-state index in [0.29, 0.717) is 0 Å². The molecule has 0 bridgehead atoms. The topological polar surface area (TPSA) is 138 Å². The zero-order chi connectivity index (χ0) is 34.4. The van der Waals surface area contributed by atoms with Crippen LogP contribution in [0.25, 0.3) is 0 Å². The number of ether oxygens (including phenoxy) is 7. The predicted molar refractivity (Wildman–Crippen MR) is 169 cm³/mol. The number of methoxy groups -OCH3 is 3. The van der Waals surface area contributed by atoms with Crippen LogP contribution < -0.4 is 0 Å². The summed E-state index contributed by atoms with van der Waals surface area (Å²) in [6.07, 6.45) is -5.75. The second-order valence-corrected chi connectivity index (χ2v) is 11.9. The monoisotopic (exact) mass is 677 g/mol. The van der Waals surface area contributed by atoms with Crippen molar-refractivity contribution in [1.82, 2.24) is 5.23 Å². The maximum Gasteiger partial charge on any atom is 0.355 e. The van der Waals surface area contributed by atoms with E-state index in [1.165, 1.54) is 7.11 Å². The van der Waals surface area contributed by atoms with Gasteiger partial charge in [0.25, 0.3) is 0 Å². The van der Waals surface area contributed by atoms with E-state index < -0.39 is 59.6 Å². The van der Waals surface area contributed by atoms with Gasteiger partial charge in [0, 0.05) is 6.42 Å². The zero-order valence-corrected chi connectivity index (χ0v) is 27.4. The lowest BCUT2D eigenvalue weighted by Gasteiger charge is -2.50. The first-order valence-corrected chi connectivity index (χ1v) is 15.9. The molecule has 0 unspecified atom stereocenters. The largest absolute Gasteiger partial charge is 0.467 e. The summed E-state index contributed by atoms with van der Waals surface area (Å²) < 4.78 is 41.5. The Bertz CT molecular complexity index is 1560. The molecule has 3 aliphatic rings. The lowest BCUT2D eigenvalue weighted by atomic mass is 9.71. The lowest BCUT2D eigenvalue weighted by molar-refractivity contribution is -0.391. The highest BCUT2D eigenvalue weighted by atomic mass is 17.0. The third kappa shape index (κ3) is 6.58. The molecule has 49 heavy (non-hydrogen) atoms. The molecule has 3 aliphatic heterocycles. The molecule has 0 aliphatic carbocycles. The highest BCUT2D eigenvalue weighted by Gasteiger charge is 2.82. The van der Waals surface area contributed by atoms with Crippen LogP contribution in [0.1, 0.15) is 23.1 Å². The fourth-order valence-corrected chi connectivity index (χ4v) is 6.67. The van der Waals surface area contributed by atoms with Crippen molar-refractivity contribution < 1.29 is 57.2 Å². The molecule has 3 aromatic rings. The van der Waals surface area contributed by atoms with E-state index in [4.69, 9.17) is 42.8 Å². The quantitative estimate of drug-likeness (QED) is 0.149. The van der Waals surface area contributed by atoms with Gasteiger partial charge in [-0.25, -0.2) is 19.2 Å². The van der Waals surface area contributed by atoms with Crippen molar-refractivity contribution in [2.24, 2.45) is 0 Å². The van der Waals surface area contributed by atoms with Crippen LogP contribution in [0.15, 0.2) is 91.0 Å². The summed E-state index contributed by atoms with van der Waals surface area (Å²) in [4.78, 5) is 52.4. The van der Waals surface area contributed by atoms with E-state index in [-0.39, 0.29) is 32.8 Å². The Labute approximate surface area is 283 Å². The number of carbonyl (C=O) groups excluding carboxylic acids is 3. The van der Waals surface area contributed by atoms with Crippen LogP contribution in [0.5, 0.6) is 0 Å². The minimum Gasteiger partial charge on any atom is -0.467 e. The van der Waals surface area contributed by atoms with Gasteiger partial charge in [0.15, 0.2) is 6.10 Å². The van der Waals surface area contributed by atoms with Gasteiger partial charge < -0.3 is 33.2 Å². The minimum atomic E-state index is -2.50. The molecule has 13 nitrogen and oxygen atoms in total. The molecule has 0 saturated carbocycles. The van der Waals surface area contributed by atoms with Crippen molar-refractivity contribution in [3.05, 3.63) is 108 Å². The van der Waals surface area contributed by atoms with Gasteiger partial charge in [-0.2, -0.15) is 0 Å². The second-order valence-electron chi connectivity index (χ2n) is 11.9. The molecular formula is C36H39NO12. The Morgan fingerprint density at radius 3 is 1.80 bits per heavy atom. The molecule has 260 valence electrons. The molecule has 0 radical (unpaired) electrons. The van der Waals surface area contributed by atoms with Gasteiger partial charge >= 0.3 is 23.5 Å². The average molecular weight is 678 g/mol. The average Bonchev–Trinajstić information content (AvgIpc) is 3.65. The number of nitrogens with zero attached hydrogens (tertiary/aromatic N) is 1. The summed E-state index contributed by atoms with van der Waals surface area (Å²) in [7, 11) is 3.46. The lowest BCUT2D eigenvalue weighted by Crippen LogP contribution is -2.73. The molecule has 0 N–H and O–H groups in total. The summed E-state index contributed by atoms with van der Waals surface area (Å²) in [6.45, 7) is 0.443. The van der Waals surface area contributed by atoms with Crippen molar-refractivity contribution >= 4 is 17.9 Å². The molecule has 3 aromatic carbocycles.